The molecule has 2 aromatic carbocycles. The van der Waals surface area contributed by atoms with Crippen LogP contribution in [-0.2, 0) is 6.54 Å². The lowest BCUT2D eigenvalue weighted by Crippen LogP contribution is -2.24. The molecule has 0 fully saturated rings. The maximum absolute atomic E-state index is 12.9. The Morgan fingerprint density at radius 2 is 1.81 bits per heavy atom. The molecule has 0 saturated heterocycles. The molecule has 0 saturated carbocycles. The molecule has 6 nitrogen and oxygen atoms in total. The first-order chi connectivity index (χ1) is 13.0. The highest BCUT2D eigenvalue weighted by atomic mass is 16.5. The van der Waals surface area contributed by atoms with Crippen molar-refractivity contribution >= 4 is 22.5 Å². The number of carbonyl (C=O) groups excluding carboxylic acids is 1. The monoisotopic (exact) mass is 366 g/mol. The van der Waals surface area contributed by atoms with E-state index in [1.165, 1.54) is 7.11 Å². The predicted molar refractivity (Wildman–Crippen MR) is 106 cm³/mol. The highest BCUT2D eigenvalue weighted by Gasteiger charge is 2.16. The minimum atomic E-state index is -0.460. The molecule has 0 atom stereocenters. The molecule has 0 spiro atoms. The lowest BCUT2D eigenvalue weighted by molar-refractivity contribution is 0.102. The zero-order chi connectivity index (χ0) is 19.6. The number of anilines is 1. The Hall–Kier alpha value is -3.28. The van der Waals surface area contributed by atoms with Gasteiger partial charge in [0.25, 0.3) is 5.91 Å². The summed E-state index contributed by atoms with van der Waals surface area (Å²) in [5.41, 5.74) is 2.13. The summed E-state index contributed by atoms with van der Waals surface area (Å²) < 4.78 is 12.4. The standard InChI is InChI=1S/C21H22N2O4/c1-5-23-12-16(20(24)15-10-13(2)6-8-17(15)23)21(25)22-14-7-9-18(26-3)19(11-14)27-4/h6-12H,5H2,1-4H3,(H,22,25). The second-order valence-electron chi connectivity index (χ2n) is 6.20. The normalized spacial score (nSPS) is 10.7. The summed E-state index contributed by atoms with van der Waals surface area (Å²) in [6.45, 7) is 4.54. The number of fused-ring (bicyclic) bond motifs is 1. The van der Waals surface area contributed by atoms with Crippen molar-refractivity contribution in [3.63, 3.8) is 0 Å². The number of ether oxygens (including phenoxy) is 2. The molecule has 1 heterocycles. The van der Waals surface area contributed by atoms with Gasteiger partial charge in [-0.3, -0.25) is 9.59 Å². The van der Waals surface area contributed by atoms with Gasteiger partial charge in [0.1, 0.15) is 5.56 Å². The Morgan fingerprint density at radius 3 is 2.48 bits per heavy atom. The lowest BCUT2D eigenvalue weighted by Gasteiger charge is -2.13. The van der Waals surface area contributed by atoms with Crippen molar-refractivity contribution in [2.24, 2.45) is 0 Å². The average molecular weight is 366 g/mol. The van der Waals surface area contributed by atoms with Crippen molar-refractivity contribution in [2.45, 2.75) is 20.4 Å². The van der Waals surface area contributed by atoms with Crippen LogP contribution >= 0.6 is 0 Å². The van der Waals surface area contributed by atoms with Gasteiger partial charge < -0.3 is 19.4 Å². The van der Waals surface area contributed by atoms with E-state index >= 15 is 0 Å². The Kier molecular flexibility index (Phi) is 5.16. The predicted octanol–water partition coefficient (Wildman–Crippen LogP) is 3.60. The Morgan fingerprint density at radius 1 is 1.07 bits per heavy atom. The van der Waals surface area contributed by atoms with Gasteiger partial charge >= 0.3 is 0 Å². The molecule has 1 N–H and O–H groups in total. The quantitative estimate of drug-likeness (QED) is 0.749. The third kappa shape index (κ3) is 3.51. The SMILES string of the molecule is CCn1cc(C(=O)Nc2ccc(OC)c(OC)c2)c(=O)c2cc(C)ccc21. The van der Waals surface area contributed by atoms with Gasteiger partial charge in [0.2, 0.25) is 5.43 Å². The summed E-state index contributed by atoms with van der Waals surface area (Å²) in [7, 11) is 3.06. The van der Waals surface area contributed by atoms with Crippen molar-refractivity contribution in [1.29, 1.82) is 0 Å². The second-order valence-corrected chi connectivity index (χ2v) is 6.20. The lowest BCUT2D eigenvalue weighted by atomic mass is 10.1. The molecule has 0 radical (unpaired) electrons. The van der Waals surface area contributed by atoms with Gasteiger partial charge in [-0.25, -0.2) is 0 Å². The number of carbonyl (C=O) groups is 1. The van der Waals surface area contributed by atoms with Gasteiger partial charge in [0.05, 0.1) is 19.7 Å². The Labute approximate surface area is 157 Å². The van der Waals surface area contributed by atoms with Gasteiger partial charge in [-0.1, -0.05) is 11.6 Å². The van der Waals surface area contributed by atoms with Crippen LogP contribution in [0.3, 0.4) is 0 Å². The second kappa shape index (κ2) is 7.53. The number of hydrogen-bond acceptors (Lipinski definition) is 4. The topological polar surface area (TPSA) is 69.6 Å². The smallest absolute Gasteiger partial charge is 0.261 e. The van der Waals surface area contributed by atoms with E-state index in [1.54, 1.807) is 31.5 Å². The fraction of sp³-hybridized carbons (Fsp3) is 0.238. The minimum absolute atomic E-state index is 0.102. The first-order valence-electron chi connectivity index (χ1n) is 8.65. The molecule has 27 heavy (non-hydrogen) atoms. The Balaban J connectivity index is 2.03. The molecule has 0 aliphatic rings. The third-order valence-corrected chi connectivity index (χ3v) is 4.46. The van der Waals surface area contributed by atoms with Crippen molar-refractivity contribution in [2.75, 3.05) is 19.5 Å². The van der Waals surface area contributed by atoms with Crippen LogP contribution < -0.4 is 20.2 Å². The number of amides is 1. The summed E-state index contributed by atoms with van der Waals surface area (Å²) in [4.78, 5) is 25.7. The van der Waals surface area contributed by atoms with Gasteiger partial charge in [0, 0.05) is 29.9 Å². The van der Waals surface area contributed by atoms with Crippen LogP contribution in [0.15, 0.2) is 47.4 Å². The van der Waals surface area contributed by atoms with E-state index in [0.717, 1.165) is 11.1 Å². The van der Waals surface area contributed by atoms with Gasteiger partial charge in [-0.2, -0.15) is 0 Å². The van der Waals surface area contributed by atoms with Crippen LogP contribution in [0.1, 0.15) is 22.8 Å². The summed E-state index contributed by atoms with van der Waals surface area (Å²) in [5.74, 6) is 0.596. The van der Waals surface area contributed by atoms with Crippen LogP contribution in [0.5, 0.6) is 11.5 Å². The zero-order valence-electron chi connectivity index (χ0n) is 15.8. The highest BCUT2D eigenvalue weighted by Crippen LogP contribution is 2.29. The number of methoxy groups -OCH3 is 2. The third-order valence-electron chi connectivity index (χ3n) is 4.46. The van der Waals surface area contributed by atoms with E-state index in [1.807, 2.05) is 36.6 Å². The van der Waals surface area contributed by atoms with Crippen LogP contribution in [-0.4, -0.2) is 24.7 Å². The van der Waals surface area contributed by atoms with Crippen LogP contribution in [0.2, 0.25) is 0 Å². The van der Waals surface area contributed by atoms with E-state index in [4.69, 9.17) is 9.47 Å². The molecule has 0 unspecified atom stereocenters. The fourth-order valence-electron chi connectivity index (χ4n) is 3.05. The maximum Gasteiger partial charge on any atom is 0.261 e. The Bertz CT molecular complexity index is 1070. The van der Waals surface area contributed by atoms with E-state index in [2.05, 4.69) is 5.32 Å². The summed E-state index contributed by atoms with van der Waals surface area (Å²) >= 11 is 0. The van der Waals surface area contributed by atoms with Crippen molar-refractivity contribution in [1.82, 2.24) is 4.57 Å². The number of benzene rings is 2. The minimum Gasteiger partial charge on any atom is -0.493 e. The van der Waals surface area contributed by atoms with Crippen molar-refractivity contribution in [3.8, 4) is 11.5 Å². The molecule has 0 aliphatic carbocycles. The number of nitrogens with zero attached hydrogens (tertiary/aromatic N) is 1. The molecule has 0 aliphatic heterocycles. The number of aromatic nitrogens is 1. The first-order valence-corrected chi connectivity index (χ1v) is 8.65. The van der Waals surface area contributed by atoms with E-state index in [-0.39, 0.29) is 11.0 Å². The number of rotatable bonds is 5. The van der Waals surface area contributed by atoms with Crippen LogP contribution in [0.25, 0.3) is 10.9 Å². The molecule has 6 heteroatoms. The molecule has 1 aromatic heterocycles. The van der Waals surface area contributed by atoms with Crippen LogP contribution in [0, 0.1) is 6.92 Å². The first kappa shape index (κ1) is 18.5. The molecule has 0 bridgehead atoms. The largest absolute Gasteiger partial charge is 0.493 e. The molecule has 3 rings (SSSR count). The molecule has 140 valence electrons. The van der Waals surface area contributed by atoms with E-state index < -0.39 is 5.91 Å². The van der Waals surface area contributed by atoms with Crippen LogP contribution in [0.4, 0.5) is 5.69 Å². The van der Waals surface area contributed by atoms with Gasteiger partial charge in [0.15, 0.2) is 11.5 Å². The maximum atomic E-state index is 12.9. The average Bonchev–Trinajstić information content (AvgIpc) is 2.68. The molecular formula is C21H22N2O4. The zero-order valence-corrected chi connectivity index (χ0v) is 15.8. The highest BCUT2D eigenvalue weighted by molar-refractivity contribution is 6.06. The summed E-state index contributed by atoms with van der Waals surface area (Å²) in [6.07, 6.45) is 1.61. The molecular weight excluding hydrogens is 344 g/mol. The van der Waals surface area contributed by atoms with E-state index in [9.17, 15) is 9.59 Å². The van der Waals surface area contributed by atoms with Gasteiger partial charge in [-0.15, -0.1) is 0 Å². The number of pyridine rings is 1. The number of aryl methyl sites for hydroxylation is 2. The fourth-order valence-corrected chi connectivity index (χ4v) is 3.05. The van der Waals surface area contributed by atoms with E-state index in [0.29, 0.717) is 29.1 Å². The number of nitrogens with one attached hydrogen (secondary N) is 1. The number of hydrogen-bond donors (Lipinski definition) is 1. The summed E-state index contributed by atoms with van der Waals surface area (Å²) in [6, 6.07) is 10.7. The van der Waals surface area contributed by atoms with Gasteiger partial charge in [-0.05, 0) is 38.1 Å². The van der Waals surface area contributed by atoms with Crippen molar-refractivity contribution < 1.29 is 14.3 Å². The summed E-state index contributed by atoms with van der Waals surface area (Å²) in [5, 5.41) is 3.31. The molecule has 1 amide bonds. The van der Waals surface area contributed by atoms with Crippen molar-refractivity contribution in [3.05, 3.63) is 63.9 Å². The molecule has 3 aromatic rings.